The molecule has 1 saturated heterocycles. The number of para-hydroxylation sites is 2. The van der Waals surface area contributed by atoms with Gasteiger partial charge in [-0.25, -0.2) is 4.79 Å². The SMILES string of the molecule is CCOC1Cc2ccccc2N(C(=O)N2CC[NH+](C)CC2)c2ccccc21. The predicted octanol–water partition coefficient (Wildman–Crippen LogP) is 2.41. The number of nitrogens with one attached hydrogen (secondary N) is 1. The maximum absolute atomic E-state index is 13.6. The van der Waals surface area contributed by atoms with Crippen LogP contribution in [-0.4, -0.2) is 50.8 Å². The van der Waals surface area contributed by atoms with Gasteiger partial charge >= 0.3 is 6.03 Å². The third kappa shape index (κ3) is 3.45. The van der Waals surface area contributed by atoms with Crippen LogP contribution in [0.3, 0.4) is 0 Å². The summed E-state index contributed by atoms with van der Waals surface area (Å²) in [7, 11) is 2.19. The quantitative estimate of drug-likeness (QED) is 0.886. The Hall–Kier alpha value is -2.37. The molecule has 4 rings (SSSR count). The van der Waals surface area contributed by atoms with E-state index >= 15 is 0 Å². The molecule has 0 aliphatic carbocycles. The lowest BCUT2D eigenvalue weighted by molar-refractivity contribution is -0.883. The summed E-state index contributed by atoms with van der Waals surface area (Å²) in [6.45, 7) is 6.24. The van der Waals surface area contributed by atoms with Crippen LogP contribution in [-0.2, 0) is 11.2 Å². The van der Waals surface area contributed by atoms with Gasteiger partial charge in [0.15, 0.2) is 0 Å². The van der Waals surface area contributed by atoms with Crippen molar-refractivity contribution in [1.82, 2.24) is 4.90 Å². The molecule has 2 aliphatic rings. The Balaban J connectivity index is 1.80. The lowest BCUT2D eigenvalue weighted by Gasteiger charge is -2.35. The van der Waals surface area contributed by atoms with E-state index < -0.39 is 0 Å². The number of likely N-dealkylation sites (N-methyl/N-ethyl adjacent to an activating group) is 1. The molecular weight excluding hydrogens is 338 g/mol. The van der Waals surface area contributed by atoms with Gasteiger partial charge in [-0.1, -0.05) is 36.4 Å². The molecule has 1 unspecified atom stereocenters. The van der Waals surface area contributed by atoms with E-state index in [0.717, 1.165) is 55.1 Å². The second-order valence-electron chi connectivity index (χ2n) is 7.40. The average molecular weight is 366 g/mol. The smallest absolute Gasteiger partial charge is 0.329 e. The monoisotopic (exact) mass is 366 g/mol. The fourth-order valence-electron chi connectivity index (χ4n) is 4.08. The molecule has 1 fully saturated rings. The van der Waals surface area contributed by atoms with Gasteiger partial charge < -0.3 is 14.5 Å². The second kappa shape index (κ2) is 7.71. The van der Waals surface area contributed by atoms with E-state index in [0.29, 0.717) is 6.61 Å². The zero-order valence-electron chi connectivity index (χ0n) is 16.1. The van der Waals surface area contributed by atoms with Crippen molar-refractivity contribution in [2.24, 2.45) is 0 Å². The molecule has 1 N–H and O–H groups in total. The van der Waals surface area contributed by atoms with Crippen LogP contribution in [0.15, 0.2) is 48.5 Å². The van der Waals surface area contributed by atoms with Crippen molar-refractivity contribution >= 4 is 17.4 Å². The minimum Gasteiger partial charge on any atom is -0.373 e. The molecule has 2 amide bonds. The maximum Gasteiger partial charge on any atom is 0.329 e. The van der Waals surface area contributed by atoms with E-state index in [9.17, 15) is 4.79 Å². The number of carbonyl (C=O) groups excluding carboxylic acids is 1. The number of quaternary nitrogens is 1. The zero-order chi connectivity index (χ0) is 18.8. The Morgan fingerprint density at radius 2 is 1.74 bits per heavy atom. The number of hydrogen-bond donors (Lipinski definition) is 1. The van der Waals surface area contributed by atoms with E-state index in [1.54, 1.807) is 0 Å². The Morgan fingerprint density at radius 1 is 1.07 bits per heavy atom. The van der Waals surface area contributed by atoms with Gasteiger partial charge in [0.25, 0.3) is 0 Å². The van der Waals surface area contributed by atoms with Gasteiger partial charge in [-0.15, -0.1) is 0 Å². The Labute approximate surface area is 161 Å². The zero-order valence-corrected chi connectivity index (χ0v) is 16.1. The van der Waals surface area contributed by atoms with E-state index in [4.69, 9.17) is 4.74 Å². The van der Waals surface area contributed by atoms with Gasteiger partial charge in [0.1, 0.15) is 0 Å². The summed E-state index contributed by atoms with van der Waals surface area (Å²) < 4.78 is 6.08. The molecule has 5 heteroatoms. The largest absolute Gasteiger partial charge is 0.373 e. The normalized spacial score (nSPS) is 20.0. The standard InChI is InChI=1S/C22H27N3O2/c1-3-27-21-16-17-8-4-6-10-19(17)25(20-11-7-5-9-18(20)21)22(26)24-14-12-23(2)13-15-24/h4-11,21H,3,12-16H2,1-2H3/p+1. The number of nitrogens with zero attached hydrogens (tertiary/aromatic N) is 2. The van der Waals surface area contributed by atoms with Crippen LogP contribution >= 0.6 is 0 Å². The number of urea groups is 1. The molecule has 5 nitrogen and oxygen atoms in total. The molecule has 2 aliphatic heterocycles. The average Bonchev–Trinajstić information content (AvgIpc) is 2.83. The summed E-state index contributed by atoms with van der Waals surface area (Å²) in [5, 5.41) is 0. The van der Waals surface area contributed by atoms with Crippen LogP contribution in [0.1, 0.15) is 24.2 Å². The van der Waals surface area contributed by atoms with Crippen LogP contribution < -0.4 is 9.80 Å². The van der Waals surface area contributed by atoms with Crippen molar-refractivity contribution < 1.29 is 14.4 Å². The Kier molecular flexibility index (Phi) is 5.14. The fraction of sp³-hybridized carbons (Fsp3) is 0.409. The molecule has 0 radical (unpaired) electrons. The summed E-state index contributed by atoms with van der Waals surface area (Å²) in [5.74, 6) is 0. The van der Waals surface area contributed by atoms with E-state index in [1.165, 1.54) is 4.90 Å². The number of rotatable bonds is 2. The van der Waals surface area contributed by atoms with Crippen molar-refractivity contribution in [3.05, 3.63) is 59.7 Å². The first-order chi connectivity index (χ1) is 13.2. The second-order valence-corrected chi connectivity index (χ2v) is 7.40. The first kappa shape index (κ1) is 18.0. The number of fused-ring (bicyclic) bond motifs is 2. The molecule has 142 valence electrons. The van der Waals surface area contributed by atoms with Gasteiger partial charge in [0, 0.05) is 18.6 Å². The van der Waals surface area contributed by atoms with Gasteiger partial charge in [-0.3, -0.25) is 4.90 Å². The van der Waals surface area contributed by atoms with Crippen LogP contribution in [0.25, 0.3) is 0 Å². The highest BCUT2D eigenvalue weighted by atomic mass is 16.5. The number of ether oxygens (including phenoxy) is 1. The topological polar surface area (TPSA) is 37.2 Å². The highest BCUT2D eigenvalue weighted by molar-refractivity contribution is 6.01. The number of anilines is 2. The van der Waals surface area contributed by atoms with E-state index in [-0.39, 0.29) is 12.1 Å². The van der Waals surface area contributed by atoms with Gasteiger partial charge in [-0.2, -0.15) is 0 Å². The van der Waals surface area contributed by atoms with Crippen molar-refractivity contribution in [3.63, 3.8) is 0 Å². The van der Waals surface area contributed by atoms with Gasteiger partial charge in [0.2, 0.25) is 0 Å². The van der Waals surface area contributed by atoms with Crippen molar-refractivity contribution in [3.8, 4) is 0 Å². The lowest BCUT2D eigenvalue weighted by atomic mass is 10.0. The molecule has 27 heavy (non-hydrogen) atoms. The minimum atomic E-state index is -0.0397. The summed E-state index contributed by atoms with van der Waals surface area (Å²) in [4.78, 5) is 19.0. The summed E-state index contributed by atoms with van der Waals surface area (Å²) >= 11 is 0. The first-order valence-electron chi connectivity index (χ1n) is 9.87. The molecule has 0 spiro atoms. The molecule has 2 aromatic rings. The van der Waals surface area contributed by atoms with Crippen LogP contribution in [0.5, 0.6) is 0 Å². The van der Waals surface area contributed by atoms with Gasteiger partial charge in [-0.05, 0) is 24.6 Å². The highest BCUT2D eigenvalue weighted by Gasteiger charge is 2.34. The van der Waals surface area contributed by atoms with Crippen LogP contribution in [0.4, 0.5) is 16.2 Å². The van der Waals surface area contributed by atoms with Crippen molar-refractivity contribution in [2.45, 2.75) is 19.4 Å². The van der Waals surface area contributed by atoms with Crippen molar-refractivity contribution in [1.29, 1.82) is 0 Å². The highest BCUT2D eigenvalue weighted by Crippen LogP contribution is 2.41. The molecule has 0 aromatic heterocycles. The van der Waals surface area contributed by atoms with Crippen molar-refractivity contribution in [2.75, 3.05) is 44.7 Å². The maximum atomic E-state index is 13.6. The third-order valence-corrected chi connectivity index (χ3v) is 5.61. The summed E-state index contributed by atoms with van der Waals surface area (Å²) in [5.41, 5.74) is 4.16. The number of hydrogen-bond acceptors (Lipinski definition) is 2. The molecule has 0 saturated carbocycles. The molecule has 0 bridgehead atoms. The lowest BCUT2D eigenvalue weighted by Crippen LogP contribution is -3.12. The first-order valence-corrected chi connectivity index (χ1v) is 9.87. The summed E-state index contributed by atoms with van der Waals surface area (Å²) in [6.07, 6.45) is 0.736. The van der Waals surface area contributed by atoms with E-state index in [2.05, 4.69) is 25.2 Å². The predicted molar refractivity (Wildman–Crippen MR) is 107 cm³/mol. The van der Waals surface area contributed by atoms with Crippen LogP contribution in [0.2, 0.25) is 0 Å². The Morgan fingerprint density at radius 3 is 2.48 bits per heavy atom. The third-order valence-electron chi connectivity index (χ3n) is 5.61. The molecule has 1 atom stereocenters. The Bertz CT molecular complexity index is 815. The van der Waals surface area contributed by atoms with E-state index in [1.807, 2.05) is 47.1 Å². The molecule has 2 aromatic carbocycles. The minimum absolute atomic E-state index is 0.0397. The number of piperazine rings is 1. The number of amides is 2. The number of carbonyl (C=O) groups is 1. The van der Waals surface area contributed by atoms with Gasteiger partial charge in [0.05, 0.1) is 50.7 Å². The van der Waals surface area contributed by atoms with Crippen LogP contribution in [0, 0.1) is 0 Å². The summed E-state index contributed by atoms with van der Waals surface area (Å²) in [6, 6.07) is 16.5. The molecular formula is C22H28N3O2+. The number of benzene rings is 2. The molecule has 2 heterocycles. The fourth-order valence-corrected chi connectivity index (χ4v) is 4.08.